The number of anilines is 1. The van der Waals surface area contributed by atoms with Crippen LogP contribution in [0.5, 0.6) is 0 Å². The van der Waals surface area contributed by atoms with E-state index in [-0.39, 0.29) is 11.8 Å². The van der Waals surface area contributed by atoms with Crippen LogP contribution in [0, 0.1) is 12.8 Å². The first kappa shape index (κ1) is 13.6. The first-order valence-corrected chi connectivity index (χ1v) is 6.61. The van der Waals surface area contributed by atoms with E-state index in [1.165, 1.54) is 0 Å². The lowest BCUT2D eigenvalue weighted by atomic mass is 10.1. The zero-order valence-corrected chi connectivity index (χ0v) is 11.7. The predicted octanol–water partition coefficient (Wildman–Crippen LogP) is 2.42. The van der Waals surface area contributed by atoms with E-state index >= 15 is 0 Å². The number of nitrogens with two attached hydrogens (primary N) is 1. The molecule has 1 aromatic heterocycles. The summed E-state index contributed by atoms with van der Waals surface area (Å²) in [5.41, 5.74) is 8.56. The third kappa shape index (κ3) is 2.49. The Kier molecular flexibility index (Phi) is 3.90. The van der Waals surface area contributed by atoms with Crippen LogP contribution < -0.4 is 10.6 Å². The molecule has 2 rings (SSSR count). The van der Waals surface area contributed by atoms with Crippen molar-refractivity contribution in [3.05, 3.63) is 30.0 Å². The fraction of sp³-hybridized carbons (Fsp3) is 0.400. The molecule has 0 aliphatic carbocycles. The Bertz CT molecular complexity index is 588. The lowest BCUT2D eigenvalue weighted by Gasteiger charge is -2.21. The van der Waals surface area contributed by atoms with Crippen molar-refractivity contribution in [3.63, 3.8) is 0 Å². The molecule has 4 nitrogen and oxygen atoms in total. The molecule has 0 aliphatic rings. The molecular weight excluding hydrogens is 238 g/mol. The van der Waals surface area contributed by atoms with Gasteiger partial charge in [-0.25, -0.2) is 0 Å². The van der Waals surface area contributed by atoms with Crippen LogP contribution in [0.2, 0.25) is 0 Å². The summed E-state index contributed by atoms with van der Waals surface area (Å²) >= 11 is 0. The maximum atomic E-state index is 12.4. The van der Waals surface area contributed by atoms with Gasteiger partial charge in [-0.05, 0) is 26.0 Å². The Hall–Kier alpha value is -1.81. The zero-order valence-electron chi connectivity index (χ0n) is 11.7. The van der Waals surface area contributed by atoms with Gasteiger partial charge in [0, 0.05) is 29.6 Å². The Morgan fingerprint density at radius 1 is 1.42 bits per heavy atom. The van der Waals surface area contributed by atoms with Crippen molar-refractivity contribution in [3.8, 4) is 0 Å². The average Bonchev–Trinajstić information content (AvgIpc) is 2.73. The number of fused-ring (bicyclic) bond motifs is 1. The SMILES string of the molecule is Cc1[nH]c2ccccc2c1N(C)C(=O)C(C)CCN. The van der Waals surface area contributed by atoms with Gasteiger partial charge in [0.05, 0.1) is 5.69 Å². The number of hydrogen-bond donors (Lipinski definition) is 2. The standard InChI is InChI=1S/C15H21N3O/c1-10(8-9-16)15(19)18(3)14-11(2)17-13-7-5-4-6-12(13)14/h4-7,10,17H,8-9,16H2,1-3H3. The molecule has 1 aromatic carbocycles. The molecule has 19 heavy (non-hydrogen) atoms. The van der Waals surface area contributed by atoms with Crippen molar-refractivity contribution in [2.45, 2.75) is 20.3 Å². The molecule has 3 N–H and O–H groups in total. The molecule has 102 valence electrons. The number of aryl methyl sites for hydroxylation is 1. The molecule has 0 saturated heterocycles. The van der Waals surface area contributed by atoms with E-state index < -0.39 is 0 Å². The number of hydrogen-bond acceptors (Lipinski definition) is 2. The number of aromatic nitrogens is 1. The van der Waals surface area contributed by atoms with E-state index in [4.69, 9.17) is 5.73 Å². The van der Waals surface area contributed by atoms with Crippen LogP contribution >= 0.6 is 0 Å². The number of benzene rings is 1. The zero-order chi connectivity index (χ0) is 14.0. The summed E-state index contributed by atoms with van der Waals surface area (Å²) in [7, 11) is 1.83. The molecule has 4 heteroatoms. The molecule has 0 bridgehead atoms. The van der Waals surface area contributed by atoms with Crippen LogP contribution in [0.4, 0.5) is 5.69 Å². The van der Waals surface area contributed by atoms with Crippen molar-refractivity contribution < 1.29 is 4.79 Å². The minimum Gasteiger partial charge on any atom is -0.357 e. The van der Waals surface area contributed by atoms with Gasteiger partial charge in [-0.15, -0.1) is 0 Å². The normalized spacial score (nSPS) is 12.6. The van der Waals surface area contributed by atoms with E-state index in [2.05, 4.69) is 4.98 Å². The maximum Gasteiger partial charge on any atom is 0.229 e. The van der Waals surface area contributed by atoms with E-state index in [1.54, 1.807) is 4.90 Å². The average molecular weight is 259 g/mol. The number of carbonyl (C=O) groups excluding carboxylic acids is 1. The van der Waals surface area contributed by atoms with Crippen LogP contribution in [0.3, 0.4) is 0 Å². The van der Waals surface area contributed by atoms with Gasteiger partial charge in [0.2, 0.25) is 5.91 Å². The number of carbonyl (C=O) groups is 1. The quantitative estimate of drug-likeness (QED) is 0.885. The minimum absolute atomic E-state index is 0.0527. The first-order valence-electron chi connectivity index (χ1n) is 6.61. The highest BCUT2D eigenvalue weighted by Crippen LogP contribution is 2.30. The molecule has 0 aliphatic heterocycles. The summed E-state index contributed by atoms with van der Waals surface area (Å²) in [4.78, 5) is 17.4. The van der Waals surface area contributed by atoms with Gasteiger partial charge in [0.25, 0.3) is 0 Å². The molecule has 0 spiro atoms. The minimum atomic E-state index is -0.0527. The van der Waals surface area contributed by atoms with Gasteiger partial charge in [0.15, 0.2) is 0 Å². The number of amides is 1. The molecular formula is C15H21N3O. The lowest BCUT2D eigenvalue weighted by Crippen LogP contribution is -2.32. The molecule has 0 saturated carbocycles. The summed E-state index contributed by atoms with van der Waals surface area (Å²) in [5, 5.41) is 1.08. The van der Waals surface area contributed by atoms with Crippen LogP contribution in [0.25, 0.3) is 10.9 Å². The second-order valence-corrected chi connectivity index (χ2v) is 5.02. The first-order chi connectivity index (χ1) is 9.06. The Labute approximate surface area is 113 Å². The number of aromatic amines is 1. The number of para-hydroxylation sites is 1. The van der Waals surface area contributed by atoms with Crippen LogP contribution in [-0.2, 0) is 4.79 Å². The summed E-state index contributed by atoms with van der Waals surface area (Å²) in [5.74, 6) is 0.0568. The van der Waals surface area contributed by atoms with Crippen molar-refractivity contribution >= 4 is 22.5 Å². The van der Waals surface area contributed by atoms with E-state index in [9.17, 15) is 4.79 Å². The number of nitrogens with one attached hydrogen (secondary N) is 1. The maximum absolute atomic E-state index is 12.4. The van der Waals surface area contributed by atoms with Crippen molar-refractivity contribution in [2.24, 2.45) is 11.7 Å². The number of nitrogens with zero attached hydrogens (tertiary/aromatic N) is 1. The highest BCUT2D eigenvalue weighted by Gasteiger charge is 2.21. The summed E-state index contributed by atoms with van der Waals surface area (Å²) in [6, 6.07) is 8.03. The van der Waals surface area contributed by atoms with Crippen LogP contribution in [-0.4, -0.2) is 24.5 Å². The number of H-pyrrole nitrogens is 1. The Morgan fingerprint density at radius 2 is 2.11 bits per heavy atom. The fourth-order valence-corrected chi connectivity index (χ4v) is 2.51. The monoisotopic (exact) mass is 259 g/mol. The molecule has 0 fully saturated rings. The molecule has 2 aromatic rings. The van der Waals surface area contributed by atoms with Crippen LogP contribution in [0.1, 0.15) is 19.0 Å². The smallest absolute Gasteiger partial charge is 0.229 e. The topological polar surface area (TPSA) is 62.1 Å². The molecule has 0 radical (unpaired) electrons. The second kappa shape index (κ2) is 5.45. The van der Waals surface area contributed by atoms with Gasteiger partial charge < -0.3 is 15.6 Å². The highest BCUT2D eigenvalue weighted by molar-refractivity contribution is 6.04. The molecule has 1 heterocycles. The third-order valence-electron chi connectivity index (χ3n) is 3.55. The fourth-order valence-electron chi connectivity index (χ4n) is 2.51. The van der Waals surface area contributed by atoms with Gasteiger partial charge in [0.1, 0.15) is 0 Å². The van der Waals surface area contributed by atoms with Crippen molar-refractivity contribution in [2.75, 3.05) is 18.5 Å². The van der Waals surface area contributed by atoms with E-state index in [0.29, 0.717) is 13.0 Å². The predicted molar refractivity (Wildman–Crippen MR) is 79.3 cm³/mol. The summed E-state index contributed by atoms with van der Waals surface area (Å²) in [6.45, 7) is 4.45. The largest absolute Gasteiger partial charge is 0.357 e. The van der Waals surface area contributed by atoms with Gasteiger partial charge in [-0.1, -0.05) is 25.1 Å². The van der Waals surface area contributed by atoms with Gasteiger partial charge in [-0.2, -0.15) is 0 Å². The molecule has 1 unspecified atom stereocenters. The molecule has 1 amide bonds. The van der Waals surface area contributed by atoms with Crippen LogP contribution in [0.15, 0.2) is 24.3 Å². The second-order valence-electron chi connectivity index (χ2n) is 5.02. The third-order valence-corrected chi connectivity index (χ3v) is 3.55. The summed E-state index contributed by atoms with van der Waals surface area (Å²) < 4.78 is 0. The van der Waals surface area contributed by atoms with Crippen molar-refractivity contribution in [1.29, 1.82) is 0 Å². The van der Waals surface area contributed by atoms with E-state index in [1.807, 2.05) is 45.2 Å². The number of rotatable bonds is 4. The molecule has 1 atom stereocenters. The summed E-state index contributed by atoms with van der Waals surface area (Å²) in [6.07, 6.45) is 0.713. The highest BCUT2D eigenvalue weighted by atomic mass is 16.2. The van der Waals surface area contributed by atoms with E-state index in [0.717, 1.165) is 22.3 Å². The van der Waals surface area contributed by atoms with Crippen molar-refractivity contribution in [1.82, 2.24) is 4.98 Å². The lowest BCUT2D eigenvalue weighted by molar-refractivity contribution is -0.121. The van der Waals surface area contributed by atoms with Gasteiger partial charge >= 0.3 is 0 Å². The van der Waals surface area contributed by atoms with Gasteiger partial charge in [-0.3, -0.25) is 4.79 Å². The Balaban J connectivity index is 2.38. The Morgan fingerprint density at radius 3 is 2.79 bits per heavy atom.